The van der Waals surface area contributed by atoms with Crippen LogP contribution in [0.5, 0.6) is 0 Å². The van der Waals surface area contributed by atoms with Crippen LogP contribution in [0.3, 0.4) is 0 Å². The molecule has 1 rings (SSSR count). The Morgan fingerprint density at radius 2 is 1.44 bits per heavy atom. The second-order valence-corrected chi connectivity index (χ2v) is 4.18. The molecule has 1 aromatic carbocycles. The van der Waals surface area contributed by atoms with Gasteiger partial charge in [-0.1, -0.05) is 6.07 Å². The molecule has 0 radical (unpaired) electrons. The van der Waals surface area contributed by atoms with Gasteiger partial charge >= 0.3 is 37.7 Å². The molecule has 0 saturated carbocycles. The monoisotopic (exact) mass is 258 g/mol. The predicted molar refractivity (Wildman–Crippen MR) is 44.9 cm³/mol. The van der Waals surface area contributed by atoms with Crippen LogP contribution in [0.1, 0.15) is 20.7 Å². The fourth-order valence-corrected chi connectivity index (χ4v) is 1.54. The van der Waals surface area contributed by atoms with Crippen LogP contribution < -0.4 is 47.9 Å². The van der Waals surface area contributed by atoms with Crippen molar-refractivity contribution in [2.24, 2.45) is 0 Å². The van der Waals surface area contributed by atoms with E-state index in [0.717, 1.165) is 6.07 Å². The van der Waals surface area contributed by atoms with Crippen molar-refractivity contribution < 1.29 is 70.5 Å². The SMILES string of the molecule is O=C([O-])c1ccc(S(=O)(=O)O)cc1C(=O)[O-].[Li+].[Li+]. The minimum absolute atomic E-state index is 0. The molecule has 86 valence electrons. The van der Waals surface area contributed by atoms with E-state index in [1.165, 1.54) is 0 Å². The van der Waals surface area contributed by atoms with Crippen molar-refractivity contribution in [2.45, 2.75) is 4.90 Å². The van der Waals surface area contributed by atoms with E-state index in [0.29, 0.717) is 12.1 Å². The summed E-state index contributed by atoms with van der Waals surface area (Å²) >= 11 is 0. The van der Waals surface area contributed by atoms with Gasteiger partial charge in [-0.2, -0.15) is 8.42 Å². The minimum atomic E-state index is -4.61. The summed E-state index contributed by atoms with van der Waals surface area (Å²) in [7, 11) is -4.61. The van der Waals surface area contributed by atoms with Crippen molar-refractivity contribution in [2.75, 3.05) is 0 Å². The van der Waals surface area contributed by atoms with Crippen LogP contribution in [0.2, 0.25) is 0 Å². The van der Waals surface area contributed by atoms with Gasteiger partial charge in [0, 0.05) is 11.1 Å². The van der Waals surface area contributed by atoms with E-state index in [4.69, 9.17) is 4.55 Å². The quantitative estimate of drug-likeness (QED) is 0.420. The van der Waals surface area contributed by atoms with Crippen LogP contribution in [0.15, 0.2) is 23.1 Å². The number of aromatic carboxylic acids is 2. The fourth-order valence-electron chi connectivity index (χ4n) is 1.03. The van der Waals surface area contributed by atoms with Gasteiger partial charge in [0.05, 0.1) is 16.8 Å². The Kier molecular flexibility index (Phi) is 7.62. The second-order valence-electron chi connectivity index (χ2n) is 2.76. The molecule has 18 heavy (non-hydrogen) atoms. The molecule has 0 bridgehead atoms. The molecule has 0 aromatic heterocycles. The van der Waals surface area contributed by atoms with Gasteiger partial charge in [-0.05, 0) is 12.1 Å². The molecule has 0 heterocycles. The molecule has 0 unspecified atom stereocenters. The van der Waals surface area contributed by atoms with Crippen molar-refractivity contribution in [3.8, 4) is 0 Å². The standard InChI is InChI=1S/C8H6O7S.2Li/c9-7(10)5-2-1-4(16(13,14)15)3-6(5)8(11)12;;/h1-3H,(H,9,10)(H,11,12)(H,13,14,15);;/q;2*+1/p-2. The van der Waals surface area contributed by atoms with Crippen LogP contribution >= 0.6 is 0 Å². The van der Waals surface area contributed by atoms with E-state index in [1.807, 2.05) is 0 Å². The Morgan fingerprint density at radius 3 is 1.78 bits per heavy atom. The summed E-state index contributed by atoms with van der Waals surface area (Å²) in [6.07, 6.45) is 0. The molecule has 0 fully saturated rings. The molecule has 0 aliphatic carbocycles. The molecule has 7 nitrogen and oxygen atoms in total. The smallest absolute Gasteiger partial charge is 0.545 e. The molecule has 1 N–H and O–H groups in total. The summed E-state index contributed by atoms with van der Waals surface area (Å²) in [6, 6.07) is 1.92. The zero-order chi connectivity index (χ0) is 12.5. The van der Waals surface area contributed by atoms with Crippen molar-refractivity contribution in [1.82, 2.24) is 0 Å². The first-order valence-electron chi connectivity index (χ1n) is 3.77. The van der Waals surface area contributed by atoms with Crippen LogP contribution in [-0.2, 0) is 10.1 Å². The van der Waals surface area contributed by atoms with Gasteiger partial charge in [-0.25, -0.2) is 0 Å². The molecule has 0 atom stereocenters. The Balaban J connectivity index is 0. The molecule has 0 amide bonds. The van der Waals surface area contributed by atoms with Crippen molar-refractivity contribution in [1.29, 1.82) is 0 Å². The molecule has 10 heteroatoms. The molecule has 1 aromatic rings. The zero-order valence-corrected chi connectivity index (χ0v) is 10.4. The Bertz CT molecular complexity index is 567. The molecule has 0 spiro atoms. The topological polar surface area (TPSA) is 135 Å². The summed E-state index contributed by atoms with van der Waals surface area (Å²) < 4.78 is 30.0. The first-order chi connectivity index (χ1) is 7.23. The summed E-state index contributed by atoms with van der Waals surface area (Å²) in [5.41, 5.74) is -1.61. The number of carboxylic acids is 2. The van der Waals surface area contributed by atoms with Gasteiger partial charge in [0.25, 0.3) is 10.1 Å². The van der Waals surface area contributed by atoms with Gasteiger partial charge in [0.1, 0.15) is 0 Å². The summed E-state index contributed by atoms with van der Waals surface area (Å²) in [5.74, 6) is -3.68. The largest absolute Gasteiger partial charge is 1.00 e. The van der Waals surface area contributed by atoms with E-state index < -0.39 is 38.1 Å². The molecule has 0 aliphatic rings. The average Bonchev–Trinajstić information content (AvgIpc) is 2.15. The van der Waals surface area contributed by atoms with Crippen molar-refractivity contribution in [3.63, 3.8) is 0 Å². The van der Waals surface area contributed by atoms with E-state index in [9.17, 15) is 28.2 Å². The fraction of sp³-hybridized carbons (Fsp3) is 0. The zero-order valence-electron chi connectivity index (χ0n) is 9.54. The number of carboxylic acid groups (broad SMARTS) is 2. The van der Waals surface area contributed by atoms with Crippen LogP contribution in [0, 0.1) is 0 Å². The molecular weight excluding hydrogens is 254 g/mol. The number of benzene rings is 1. The third kappa shape index (κ3) is 4.50. The predicted octanol–water partition coefficient (Wildman–Crippen LogP) is -8.33. The maximum atomic E-state index is 10.7. The normalized spacial score (nSPS) is 9.83. The van der Waals surface area contributed by atoms with Crippen molar-refractivity contribution in [3.05, 3.63) is 29.3 Å². The van der Waals surface area contributed by atoms with Crippen LogP contribution in [-0.4, -0.2) is 24.9 Å². The number of rotatable bonds is 3. The van der Waals surface area contributed by atoms with E-state index in [-0.39, 0.29) is 37.7 Å². The number of hydrogen-bond donors (Lipinski definition) is 1. The van der Waals surface area contributed by atoms with E-state index >= 15 is 0 Å². The van der Waals surface area contributed by atoms with Gasteiger partial charge in [0.2, 0.25) is 0 Å². The van der Waals surface area contributed by atoms with E-state index in [1.54, 1.807) is 0 Å². The van der Waals surface area contributed by atoms with Crippen LogP contribution in [0.25, 0.3) is 0 Å². The maximum absolute atomic E-state index is 10.7. The number of carbonyl (C=O) groups is 2. The van der Waals surface area contributed by atoms with Gasteiger partial charge in [-0.15, -0.1) is 0 Å². The third-order valence-electron chi connectivity index (χ3n) is 1.73. The summed E-state index contributed by atoms with van der Waals surface area (Å²) in [5, 5.41) is 21.0. The van der Waals surface area contributed by atoms with Gasteiger partial charge in [0.15, 0.2) is 0 Å². The molecular formula is C8H4Li2O7S. The molecule has 0 saturated heterocycles. The first kappa shape index (κ1) is 19.6. The summed E-state index contributed by atoms with van der Waals surface area (Å²) in [4.78, 5) is 20.3. The van der Waals surface area contributed by atoms with Crippen molar-refractivity contribution >= 4 is 22.1 Å². The minimum Gasteiger partial charge on any atom is -0.545 e. The van der Waals surface area contributed by atoms with Gasteiger partial charge < -0.3 is 19.8 Å². The van der Waals surface area contributed by atoms with Gasteiger partial charge in [-0.3, -0.25) is 4.55 Å². The Labute approximate surface area is 126 Å². The third-order valence-corrected chi connectivity index (χ3v) is 2.58. The number of hydrogen-bond acceptors (Lipinski definition) is 6. The summed E-state index contributed by atoms with van der Waals surface area (Å²) in [6.45, 7) is 0. The number of carbonyl (C=O) groups excluding carboxylic acids is 2. The maximum Gasteiger partial charge on any atom is 1.00 e. The molecule has 0 aliphatic heterocycles. The van der Waals surface area contributed by atoms with E-state index in [2.05, 4.69) is 0 Å². The first-order valence-corrected chi connectivity index (χ1v) is 5.21. The Hall–Kier alpha value is -0.735. The van der Waals surface area contributed by atoms with Crippen LogP contribution in [0.4, 0.5) is 0 Å². The average molecular weight is 258 g/mol. The second kappa shape index (κ2) is 7.00. The Morgan fingerprint density at radius 1 is 1.00 bits per heavy atom.